The smallest absolute Gasteiger partial charge is 0.295 e. The zero-order valence-corrected chi connectivity index (χ0v) is 8.42. The lowest BCUT2D eigenvalue weighted by Gasteiger charge is -2.17. The fraction of sp³-hybridized carbons (Fsp3) is 0.500. The molecule has 0 unspecified atom stereocenters. The number of anilines is 1. The van der Waals surface area contributed by atoms with Gasteiger partial charge in [0.2, 0.25) is 5.13 Å². The van der Waals surface area contributed by atoms with Gasteiger partial charge in [0.25, 0.3) is 0 Å². The van der Waals surface area contributed by atoms with Crippen LogP contribution in [0, 0.1) is 6.92 Å². The summed E-state index contributed by atoms with van der Waals surface area (Å²) in [5.41, 5.74) is 0. The van der Waals surface area contributed by atoms with Crippen LogP contribution in [0.1, 0.15) is 5.01 Å². The number of aromatic nitrogens is 2. The summed E-state index contributed by atoms with van der Waals surface area (Å²) in [5, 5.41) is 7.79. The van der Waals surface area contributed by atoms with Crippen molar-refractivity contribution in [1.82, 2.24) is 10.2 Å². The lowest BCUT2D eigenvalue weighted by molar-refractivity contribution is -0.267. The second-order valence-electron chi connectivity index (χ2n) is 2.65. The van der Waals surface area contributed by atoms with E-state index in [0.717, 1.165) is 0 Å². The minimum Gasteiger partial charge on any atom is -0.295 e. The highest BCUT2D eigenvalue weighted by molar-refractivity contribution is 7.15. The zero-order valence-electron chi connectivity index (χ0n) is 7.60. The van der Waals surface area contributed by atoms with Crippen LogP contribution in [0.5, 0.6) is 0 Å². The summed E-state index contributed by atoms with van der Waals surface area (Å²) in [6.07, 6.45) is -5.93. The monoisotopic (exact) mass is 261 g/mol. The number of nitrogens with zero attached hydrogens (tertiary/aromatic N) is 2. The van der Waals surface area contributed by atoms with E-state index in [-0.39, 0.29) is 0 Å². The van der Waals surface area contributed by atoms with E-state index in [1.165, 1.54) is 12.2 Å². The molecular weight excluding hydrogens is 257 g/mol. The molecule has 0 radical (unpaired) electrons. The Balaban J connectivity index is 2.80. The molecule has 1 amide bonds. The number of carbonyl (C=O) groups excluding carboxylic acids is 1. The lowest BCUT2D eigenvalue weighted by Crippen LogP contribution is -2.47. The molecule has 0 saturated heterocycles. The van der Waals surface area contributed by atoms with Crippen LogP contribution in [0.2, 0.25) is 0 Å². The maximum absolute atomic E-state index is 12.4. The van der Waals surface area contributed by atoms with Gasteiger partial charge in [0, 0.05) is 0 Å². The highest BCUT2D eigenvalue weighted by Crippen LogP contribution is 2.36. The molecule has 1 rings (SSSR count). The van der Waals surface area contributed by atoms with E-state index in [9.17, 15) is 26.7 Å². The number of carbonyl (C=O) groups is 1. The fourth-order valence-corrected chi connectivity index (χ4v) is 1.24. The minimum absolute atomic E-state index is 0.325. The molecule has 0 saturated carbocycles. The standard InChI is InChI=1S/C6H4F5N3OS/c1-2-13-14-4(16-2)12-3(15)5(7,8)6(9,10)11/h1H3,(H,12,14,15). The molecule has 1 aromatic rings. The normalized spacial score (nSPS) is 12.6. The number of aryl methyl sites for hydroxylation is 1. The summed E-state index contributed by atoms with van der Waals surface area (Å²) in [6, 6.07) is 0. The summed E-state index contributed by atoms with van der Waals surface area (Å²) in [5.74, 6) is -7.93. The molecule has 1 heterocycles. The molecule has 0 aliphatic carbocycles. The van der Waals surface area contributed by atoms with E-state index >= 15 is 0 Å². The Kier molecular flexibility index (Phi) is 3.13. The first-order valence-corrected chi connectivity index (χ1v) is 4.52. The average molecular weight is 261 g/mol. The number of nitrogens with one attached hydrogen (secondary N) is 1. The van der Waals surface area contributed by atoms with Crippen molar-refractivity contribution in [3.8, 4) is 0 Å². The molecule has 0 aromatic carbocycles. The summed E-state index contributed by atoms with van der Waals surface area (Å²) >= 11 is 0.688. The van der Waals surface area contributed by atoms with E-state index in [0.29, 0.717) is 16.3 Å². The Bertz CT molecular complexity index is 401. The van der Waals surface area contributed by atoms with Gasteiger partial charge in [0.1, 0.15) is 5.01 Å². The van der Waals surface area contributed by atoms with Gasteiger partial charge < -0.3 is 0 Å². The van der Waals surface area contributed by atoms with Crippen LogP contribution in [0.3, 0.4) is 0 Å². The van der Waals surface area contributed by atoms with Crippen LogP contribution in [-0.4, -0.2) is 28.2 Å². The molecule has 1 aromatic heterocycles. The molecule has 0 aliphatic heterocycles. The van der Waals surface area contributed by atoms with Crippen molar-refractivity contribution in [2.45, 2.75) is 19.0 Å². The Labute approximate surface area is 89.5 Å². The van der Waals surface area contributed by atoms with E-state index < -0.39 is 23.1 Å². The highest BCUT2D eigenvalue weighted by Gasteiger charge is 2.63. The van der Waals surface area contributed by atoms with Crippen molar-refractivity contribution in [3.63, 3.8) is 0 Å². The first kappa shape index (κ1) is 12.7. The number of hydrogen-bond donors (Lipinski definition) is 1. The Morgan fingerprint density at radius 1 is 1.25 bits per heavy atom. The number of rotatable bonds is 2. The molecule has 0 fully saturated rings. The molecule has 10 heteroatoms. The first-order chi connectivity index (χ1) is 7.14. The SMILES string of the molecule is Cc1nnc(NC(=O)C(F)(F)C(F)(F)F)s1. The van der Waals surface area contributed by atoms with Crippen LogP contribution in [-0.2, 0) is 4.79 Å². The molecule has 90 valence electrons. The summed E-state index contributed by atoms with van der Waals surface area (Å²) in [4.78, 5) is 10.6. The van der Waals surface area contributed by atoms with Crippen molar-refractivity contribution in [2.75, 3.05) is 5.32 Å². The number of alkyl halides is 5. The van der Waals surface area contributed by atoms with Gasteiger partial charge in [0.15, 0.2) is 0 Å². The maximum Gasteiger partial charge on any atom is 0.463 e. The van der Waals surface area contributed by atoms with Crippen molar-refractivity contribution >= 4 is 22.4 Å². The van der Waals surface area contributed by atoms with Gasteiger partial charge in [-0.05, 0) is 6.92 Å². The quantitative estimate of drug-likeness (QED) is 0.828. The molecule has 16 heavy (non-hydrogen) atoms. The molecular formula is C6H4F5N3OS. The molecule has 0 bridgehead atoms. The Hall–Kier alpha value is -1.32. The van der Waals surface area contributed by atoms with Crippen LogP contribution < -0.4 is 5.32 Å². The van der Waals surface area contributed by atoms with Gasteiger partial charge in [0.05, 0.1) is 0 Å². The zero-order chi connectivity index (χ0) is 12.6. The Morgan fingerprint density at radius 2 is 1.81 bits per heavy atom. The van der Waals surface area contributed by atoms with Crippen LogP contribution in [0.15, 0.2) is 0 Å². The number of halogens is 5. The van der Waals surface area contributed by atoms with Gasteiger partial charge in [-0.25, -0.2) is 0 Å². The molecule has 0 aliphatic rings. The largest absolute Gasteiger partial charge is 0.463 e. The third-order valence-corrected chi connectivity index (χ3v) is 2.14. The Morgan fingerprint density at radius 3 is 2.19 bits per heavy atom. The highest BCUT2D eigenvalue weighted by atomic mass is 32.1. The van der Waals surface area contributed by atoms with Gasteiger partial charge in [-0.15, -0.1) is 10.2 Å². The van der Waals surface area contributed by atoms with Crippen LogP contribution in [0.25, 0.3) is 0 Å². The third-order valence-electron chi connectivity index (χ3n) is 1.39. The van der Waals surface area contributed by atoms with Gasteiger partial charge in [-0.3, -0.25) is 10.1 Å². The van der Waals surface area contributed by atoms with Gasteiger partial charge in [-0.2, -0.15) is 22.0 Å². The minimum atomic E-state index is -5.93. The van der Waals surface area contributed by atoms with Crippen molar-refractivity contribution < 1.29 is 26.7 Å². The third kappa shape index (κ3) is 2.43. The lowest BCUT2D eigenvalue weighted by atomic mass is 10.3. The predicted octanol–water partition coefficient (Wildman–Crippen LogP) is 1.98. The van der Waals surface area contributed by atoms with Crippen LogP contribution in [0.4, 0.5) is 27.1 Å². The van der Waals surface area contributed by atoms with Crippen molar-refractivity contribution in [2.24, 2.45) is 0 Å². The molecule has 1 N–H and O–H groups in total. The van der Waals surface area contributed by atoms with Crippen molar-refractivity contribution in [1.29, 1.82) is 0 Å². The van der Waals surface area contributed by atoms with Crippen molar-refractivity contribution in [3.05, 3.63) is 5.01 Å². The van der Waals surface area contributed by atoms with E-state index in [2.05, 4.69) is 10.2 Å². The van der Waals surface area contributed by atoms with E-state index in [4.69, 9.17) is 0 Å². The summed E-state index contributed by atoms with van der Waals surface area (Å²) < 4.78 is 60.1. The van der Waals surface area contributed by atoms with Gasteiger partial charge in [-0.1, -0.05) is 11.3 Å². The average Bonchev–Trinajstić information content (AvgIpc) is 2.49. The predicted molar refractivity (Wildman–Crippen MR) is 44.3 cm³/mol. The molecule has 4 nitrogen and oxygen atoms in total. The number of hydrogen-bond acceptors (Lipinski definition) is 4. The second-order valence-corrected chi connectivity index (χ2v) is 3.83. The summed E-state index contributed by atoms with van der Waals surface area (Å²) in [6.45, 7) is 1.45. The van der Waals surface area contributed by atoms with Crippen LogP contribution >= 0.6 is 11.3 Å². The molecule has 0 spiro atoms. The van der Waals surface area contributed by atoms with E-state index in [1.54, 1.807) is 0 Å². The fourth-order valence-electron chi connectivity index (χ4n) is 0.651. The van der Waals surface area contributed by atoms with E-state index in [1.807, 2.05) is 0 Å². The maximum atomic E-state index is 12.4. The first-order valence-electron chi connectivity index (χ1n) is 3.70. The second kappa shape index (κ2) is 3.92. The summed E-state index contributed by atoms with van der Waals surface area (Å²) in [7, 11) is 0. The molecule has 0 atom stereocenters. The van der Waals surface area contributed by atoms with Gasteiger partial charge >= 0.3 is 18.0 Å². The number of amides is 1. The topological polar surface area (TPSA) is 54.9 Å².